The highest BCUT2D eigenvalue weighted by atomic mass is 35.5. The van der Waals surface area contributed by atoms with Gasteiger partial charge in [-0.15, -0.1) is 0 Å². The Hall–Kier alpha value is -1.72. The van der Waals surface area contributed by atoms with E-state index >= 15 is 0 Å². The van der Waals surface area contributed by atoms with Crippen LogP contribution in [0.4, 0.5) is 20.6 Å². The number of hydrogen-bond donors (Lipinski definition) is 3. The van der Waals surface area contributed by atoms with Crippen molar-refractivity contribution in [1.82, 2.24) is 5.32 Å². The fraction of sp³-hybridized carbons (Fsp3) is 0.375. The van der Waals surface area contributed by atoms with Gasteiger partial charge < -0.3 is 15.0 Å². The number of hydrogen-bond acceptors (Lipinski definition) is 6. The molecule has 0 aliphatic carbocycles. The number of carbonyl (C=O) groups is 2. The zero-order valence-corrected chi connectivity index (χ0v) is 16.8. The molecule has 12 heteroatoms. The predicted octanol–water partition coefficient (Wildman–Crippen LogP) is 3.11. The van der Waals surface area contributed by atoms with Crippen molar-refractivity contribution >= 4 is 57.2 Å². The van der Waals surface area contributed by atoms with Gasteiger partial charge in [0.25, 0.3) is 5.91 Å². The molecule has 0 saturated carbocycles. The van der Waals surface area contributed by atoms with Crippen molar-refractivity contribution in [2.45, 2.75) is 10.9 Å². The van der Waals surface area contributed by atoms with E-state index in [2.05, 4.69) is 5.32 Å². The second kappa shape index (κ2) is 8.34. The van der Waals surface area contributed by atoms with Crippen LogP contribution in [-0.4, -0.2) is 57.4 Å². The van der Waals surface area contributed by atoms with Gasteiger partial charge in [0.1, 0.15) is 11.9 Å². The number of nitrogens with zero attached hydrogens (tertiary/aromatic N) is 2. The molecule has 8 nitrogen and oxygen atoms in total. The van der Waals surface area contributed by atoms with Crippen molar-refractivity contribution in [1.29, 1.82) is 0 Å². The summed E-state index contributed by atoms with van der Waals surface area (Å²) in [5.41, 5.74) is 0.555. The SMILES string of the molecule is O=C(NC[C@H]1CN(c2ccc(N3C=CS(O)(O)CC3)c(F)c2)C(=O)O1)C(Cl)Cl. The first kappa shape index (κ1) is 21.0. The molecule has 0 aromatic heterocycles. The van der Waals surface area contributed by atoms with E-state index in [1.807, 2.05) is 0 Å². The highest BCUT2D eigenvalue weighted by Gasteiger charge is 2.33. The number of ether oxygens (including phenoxy) is 1. The average Bonchev–Trinajstić information content (AvgIpc) is 3.00. The Balaban J connectivity index is 1.67. The van der Waals surface area contributed by atoms with E-state index < -0.39 is 39.3 Å². The van der Waals surface area contributed by atoms with Crippen LogP contribution in [0.2, 0.25) is 0 Å². The van der Waals surface area contributed by atoms with E-state index in [0.29, 0.717) is 5.69 Å². The lowest BCUT2D eigenvalue weighted by Crippen LogP contribution is -2.37. The Bertz CT molecular complexity index is 810. The zero-order valence-electron chi connectivity index (χ0n) is 14.4. The Kier molecular flexibility index (Phi) is 6.25. The van der Waals surface area contributed by atoms with Crippen LogP contribution in [0, 0.1) is 5.82 Å². The first-order chi connectivity index (χ1) is 13.2. The number of carbonyl (C=O) groups excluding carboxylic acids is 2. The molecule has 1 atom stereocenters. The van der Waals surface area contributed by atoms with Gasteiger partial charge in [-0.05, 0) is 18.2 Å². The van der Waals surface area contributed by atoms with Gasteiger partial charge in [0, 0.05) is 18.2 Å². The molecule has 2 aliphatic heterocycles. The zero-order chi connectivity index (χ0) is 20.5. The summed E-state index contributed by atoms with van der Waals surface area (Å²) in [6.07, 6.45) is 0.147. The highest BCUT2D eigenvalue weighted by molar-refractivity contribution is 8.26. The molecule has 28 heavy (non-hydrogen) atoms. The molecule has 154 valence electrons. The van der Waals surface area contributed by atoms with Crippen molar-refractivity contribution in [2.75, 3.05) is 35.2 Å². The molecule has 1 aromatic rings. The summed E-state index contributed by atoms with van der Waals surface area (Å²) < 4.78 is 38.9. The number of anilines is 2. The third-order valence-electron chi connectivity index (χ3n) is 4.22. The maximum absolute atomic E-state index is 14.6. The maximum Gasteiger partial charge on any atom is 0.414 e. The summed E-state index contributed by atoms with van der Waals surface area (Å²) in [7, 11) is -2.75. The Morgan fingerprint density at radius 3 is 2.79 bits per heavy atom. The highest BCUT2D eigenvalue weighted by Crippen LogP contribution is 2.43. The summed E-state index contributed by atoms with van der Waals surface area (Å²) in [6, 6.07) is 4.26. The number of rotatable bonds is 5. The largest absolute Gasteiger partial charge is 0.442 e. The van der Waals surface area contributed by atoms with E-state index in [9.17, 15) is 23.1 Å². The molecular weight excluding hydrogens is 436 g/mol. The van der Waals surface area contributed by atoms with Crippen molar-refractivity contribution in [3.63, 3.8) is 0 Å². The molecule has 2 amide bonds. The lowest BCUT2D eigenvalue weighted by Gasteiger charge is -2.36. The summed E-state index contributed by atoms with van der Waals surface area (Å²) in [5.74, 6) is -1.06. The van der Waals surface area contributed by atoms with Crippen molar-refractivity contribution in [3.8, 4) is 0 Å². The van der Waals surface area contributed by atoms with Crippen LogP contribution in [0.15, 0.2) is 29.8 Å². The third-order valence-corrected chi connectivity index (χ3v) is 5.96. The van der Waals surface area contributed by atoms with Crippen LogP contribution in [0.5, 0.6) is 0 Å². The van der Waals surface area contributed by atoms with Crippen molar-refractivity contribution in [2.24, 2.45) is 0 Å². The van der Waals surface area contributed by atoms with Crippen LogP contribution >= 0.6 is 33.8 Å². The van der Waals surface area contributed by atoms with Crippen LogP contribution < -0.4 is 15.1 Å². The molecule has 2 aliphatic rings. The van der Waals surface area contributed by atoms with E-state index in [0.717, 1.165) is 0 Å². The molecule has 0 radical (unpaired) electrons. The molecule has 0 spiro atoms. The molecule has 3 rings (SSSR count). The molecule has 1 saturated heterocycles. The van der Waals surface area contributed by atoms with Gasteiger partial charge in [0.15, 0.2) is 4.84 Å². The van der Waals surface area contributed by atoms with Crippen molar-refractivity contribution in [3.05, 3.63) is 35.6 Å². The number of nitrogens with one attached hydrogen (secondary N) is 1. The minimum absolute atomic E-state index is 0.0303. The molecule has 0 unspecified atom stereocenters. The lowest BCUT2D eigenvalue weighted by atomic mass is 10.2. The minimum atomic E-state index is -2.75. The Morgan fingerprint density at radius 1 is 1.43 bits per heavy atom. The number of amides is 2. The average molecular weight is 454 g/mol. The van der Waals surface area contributed by atoms with Crippen LogP contribution in [0.1, 0.15) is 0 Å². The topological polar surface area (TPSA) is 102 Å². The van der Waals surface area contributed by atoms with E-state index in [1.165, 1.54) is 28.6 Å². The smallest absolute Gasteiger partial charge is 0.414 e. The first-order valence-corrected chi connectivity index (χ1v) is 10.9. The predicted molar refractivity (Wildman–Crippen MR) is 107 cm³/mol. The summed E-state index contributed by atoms with van der Waals surface area (Å²) in [4.78, 5) is 25.1. The number of cyclic esters (lactones) is 1. The molecule has 1 fully saturated rings. The number of alkyl halides is 2. The number of halogens is 3. The van der Waals surface area contributed by atoms with E-state index in [1.54, 1.807) is 11.0 Å². The van der Waals surface area contributed by atoms with Gasteiger partial charge in [-0.2, -0.15) is 10.6 Å². The van der Waals surface area contributed by atoms with Gasteiger partial charge in [-0.25, -0.2) is 9.18 Å². The molecular formula is C16H18Cl2FN3O5S. The normalized spacial score (nSPS) is 22.4. The molecule has 2 heterocycles. The van der Waals surface area contributed by atoms with Crippen LogP contribution in [-0.2, 0) is 9.53 Å². The summed E-state index contributed by atoms with van der Waals surface area (Å²) in [5, 5.41) is 3.71. The van der Waals surface area contributed by atoms with Gasteiger partial charge in [-0.3, -0.25) is 18.8 Å². The number of benzene rings is 1. The fourth-order valence-corrected chi connectivity index (χ4v) is 3.87. The fourth-order valence-electron chi connectivity index (χ4n) is 2.77. The monoisotopic (exact) mass is 453 g/mol. The lowest BCUT2D eigenvalue weighted by molar-refractivity contribution is -0.119. The molecule has 3 N–H and O–H groups in total. The van der Waals surface area contributed by atoms with Gasteiger partial charge in [-0.1, -0.05) is 23.2 Å². The Labute approximate surface area is 172 Å². The maximum atomic E-state index is 14.6. The molecule has 0 bridgehead atoms. The second-order valence-electron chi connectivity index (χ2n) is 6.20. The van der Waals surface area contributed by atoms with Gasteiger partial charge in [0.2, 0.25) is 0 Å². The summed E-state index contributed by atoms with van der Waals surface area (Å²) in [6.45, 7) is 0.408. The second-order valence-corrected chi connectivity index (χ2v) is 9.41. The summed E-state index contributed by atoms with van der Waals surface area (Å²) >= 11 is 10.9. The quantitative estimate of drug-likeness (QED) is 0.591. The first-order valence-electron chi connectivity index (χ1n) is 8.20. The molecule has 1 aromatic carbocycles. The van der Waals surface area contributed by atoms with Gasteiger partial charge >= 0.3 is 6.09 Å². The van der Waals surface area contributed by atoms with Crippen LogP contribution in [0.25, 0.3) is 0 Å². The Morgan fingerprint density at radius 2 is 2.18 bits per heavy atom. The third kappa shape index (κ3) is 4.81. The van der Waals surface area contributed by atoms with Gasteiger partial charge in [0.05, 0.1) is 30.2 Å². The minimum Gasteiger partial charge on any atom is -0.442 e. The van der Waals surface area contributed by atoms with E-state index in [4.69, 9.17) is 27.9 Å². The van der Waals surface area contributed by atoms with E-state index in [-0.39, 0.29) is 31.1 Å². The van der Waals surface area contributed by atoms with Crippen molar-refractivity contribution < 1.29 is 27.8 Å². The standard InChI is InChI=1S/C16H18Cl2FN3O5S/c17-14(18)15(23)20-8-11-9-22(16(24)27-11)10-1-2-13(12(19)7-10)21-3-5-28(25,26)6-4-21/h1-3,5,7,11,14,25-26H,4,6,8-9H2,(H,20,23)/t11-/m0/s1. The van der Waals surface area contributed by atoms with Crippen LogP contribution in [0.3, 0.4) is 0 Å².